The smallest absolute Gasteiger partial charge is 0.326 e. The molecule has 177 valence electrons. The largest absolute Gasteiger partial charge is 0.390 e. The minimum absolute atomic E-state index is 0. The minimum Gasteiger partial charge on any atom is -0.390 e. The molecule has 0 aliphatic heterocycles. The zero-order chi connectivity index (χ0) is 26.3. The van der Waals surface area contributed by atoms with Crippen LogP contribution in [-0.4, -0.2) is 50.2 Å². The number of hydrogen-bond acceptors (Lipinski definition) is 4. The Kier molecular flexibility index (Phi) is 19.8. The first-order valence-electron chi connectivity index (χ1n) is 10.3. The number of amides is 2. The van der Waals surface area contributed by atoms with Gasteiger partial charge in [-0.15, -0.1) is 0 Å². The number of urea groups is 1. The van der Waals surface area contributed by atoms with E-state index in [2.05, 4.69) is 129 Å². The van der Waals surface area contributed by atoms with Crippen LogP contribution >= 0.6 is 0 Å². The average Bonchev–Trinajstić information content (AvgIpc) is 3.16. The second kappa shape index (κ2) is 22.3. The fourth-order valence-corrected chi connectivity index (χ4v) is 2.82. The van der Waals surface area contributed by atoms with E-state index in [0.29, 0.717) is 13.0 Å². The van der Waals surface area contributed by atoms with Gasteiger partial charge in [0.05, 0.1) is 18.8 Å². The second-order valence-corrected chi connectivity index (χ2v) is 6.47. The molecule has 1 rings (SSSR count). The molecule has 0 saturated heterocycles. The fraction of sp³-hybridized carbons (Fsp3) is 0.300. The Morgan fingerprint density at radius 2 is 1.22 bits per heavy atom. The first kappa shape index (κ1) is 32.9. The van der Waals surface area contributed by atoms with Gasteiger partial charge < -0.3 is 19.9 Å². The van der Waals surface area contributed by atoms with Gasteiger partial charge in [-0.1, -0.05) is 5.92 Å². The molecule has 37 heavy (non-hydrogen) atoms. The molecule has 2 amide bonds. The zero-order valence-corrected chi connectivity index (χ0v) is 23.3. The summed E-state index contributed by atoms with van der Waals surface area (Å²) < 4.78 is 10.4. The Hall–Kier alpha value is -4.15. The Morgan fingerprint density at radius 1 is 0.784 bits per heavy atom. The molecule has 1 aliphatic carbocycles. The van der Waals surface area contributed by atoms with Crippen molar-refractivity contribution in [2.24, 2.45) is 5.92 Å². The molecule has 4 atom stereocenters. The standard InChI is InChI=1S/C30H20N2O4.Y/c1-4-5-6-7-8-9-10-11-12-13-14-15-16-17-18-19-20-21-22-23-31-30(34)32-27-24-26(25-35-2)28(33)29(27)36-3;/h26-29,33H,24-25H2,1-3H3,(H2,31,32,34);/t26-,27+,28?,29-;/m1./s1. The number of carbonyl (C=O) groups excluding carboxylic acids is 1. The van der Waals surface area contributed by atoms with Crippen molar-refractivity contribution in [3.05, 3.63) is 0 Å². The molecule has 0 bridgehead atoms. The first-order chi connectivity index (χ1) is 17.6. The molecular weight excluding hydrogens is 541 g/mol. The molecule has 0 heterocycles. The fourth-order valence-electron chi connectivity index (χ4n) is 2.82. The van der Waals surface area contributed by atoms with Crippen molar-refractivity contribution >= 4 is 6.03 Å². The summed E-state index contributed by atoms with van der Waals surface area (Å²) in [6.07, 6.45) is -0.728. The van der Waals surface area contributed by atoms with Crippen molar-refractivity contribution in [1.82, 2.24) is 10.6 Å². The molecule has 6 nitrogen and oxygen atoms in total. The quantitative estimate of drug-likeness (QED) is 0.326. The van der Waals surface area contributed by atoms with Gasteiger partial charge in [-0.2, -0.15) is 0 Å². The van der Waals surface area contributed by atoms with E-state index >= 15 is 0 Å². The van der Waals surface area contributed by atoms with Gasteiger partial charge in [-0.3, -0.25) is 5.32 Å². The van der Waals surface area contributed by atoms with Crippen LogP contribution in [0.2, 0.25) is 0 Å². The van der Waals surface area contributed by atoms with Crippen LogP contribution in [-0.2, 0) is 42.2 Å². The third kappa shape index (κ3) is 15.5. The summed E-state index contributed by atoms with van der Waals surface area (Å²) in [4.78, 5) is 12.0. The monoisotopic (exact) mass is 561 g/mol. The van der Waals surface area contributed by atoms with E-state index in [1.54, 1.807) is 14.0 Å². The maximum atomic E-state index is 12.0. The molecule has 3 N–H and O–H groups in total. The first-order valence-corrected chi connectivity index (χ1v) is 10.3. The van der Waals surface area contributed by atoms with Gasteiger partial charge in [0.2, 0.25) is 0 Å². The van der Waals surface area contributed by atoms with E-state index in [-0.39, 0.29) is 44.7 Å². The number of aliphatic hydroxyl groups excluding tert-OH is 1. The van der Waals surface area contributed by atoms with Gasteiger partial charge in [0.15, 0.2) is 0 Å². The maximum Gasteiger partial charge on any atom is 0.326 e. The molecule has 0 spiro atoms. The van der Waals surface area contributed by atoms with E-state index in [0.717, 1.165) is 0 Å². The molecule has 0 aromatic carbocycles. The predicted molar refractivity (Wildman–Crippen MR) is 136 cm³/mol. The van der Waals surface area contributed by atoms with Crippen LogP contribution in [0, 0.1) is 124 Å². The molecule has 7 heteroatoms. The predicted octanol–water partition coefficient (Wildman–Crippen LogP) is -0.295. The molecule has 1 aliphatic rings. The van der Waals surface area contributed by atoms with E-state index in [9.17, 15) is 9.90 Å². The molecular formula is C30H20N2O4Y. The van der Waals surface area contributed by atoms with Crippen LogP contribution in [0.3, 0.4) is 0 Å². The van der Waals surface area contributed by atoms with Gasteiger partial charge in [0.25, 0.3) is 0 Å². The van der Waals surface area contributed by atoms with Crippen LogP contribution in [0.5, 0.6) is 0 Å². The van der Waals surface area contributed by atoms with Crippen LogP contribution in [0.4, 0.5) is 4.79 Å². The van der Waals surface area contributed by atoms with E-state index in [1.165, 1.54) is 7.11 Å². The minimum atomic E-state index is -0.727. The summed E-state index contributed by atoms with van der Waals surface area (Å²) in [6, 6.07) is 1.52. The number of methoxy groups -OCH3 is 2. The summed E-state index contributed by atoms with van der Waals surface area (Å²) >= 11 is 0. The summed E-state index contributed by atoms with van der Waals surface area (Å²) in [6.45, 7) is 2.06. The molecule has 1 radical (unpaired) electrons. The molecule has 1 fully saturated rings. The van der Waals surface area contributed by atoms with Crippen molar-refractivity contribution in [2.45, 2.75) is 31.6 Å². The third-order valence-electron chi connectivity index (χ3n) is 4.17. The van der Waals surface area contributed by atoms with E-state index in [4.69, 9.17) is 9.47 Å². The van der Waals surface area contributed by atoms with E-state index in [1.807, 2.05) is 0 Å². The summed E-state index contributed by atoms with van der Waals surface area (Å²) in [5.74, 6) is 47.4. The summed E-state index contributed by atoms with van der Waals surface area (Å²) in [5.41, 5.74) is 0. The average molecular weight is 561 g/mol. The van der Waals surface area contributed by atoms with Gasteiger partial charge in [0.1, 0.15) is 6.10 Å². The maximum absolute atomic E-state index is 12.0. The molecule has 1 saturated carbocycles. The van der Waals surface area contributed by atoms with Crippen molar-refractivity contribution in [3.63, 3.8) is 0 Å². The third-order valence-corrected chi connectivity index (χ3v) is 4.17. The zero-order valence-electron chi connectivity index (χ0n) is 20.5. The number of aliphatic hydroxyl groups is 1. The Balaban J connectivity index is 0.0000130. The number of rotatable bonds is 4. The Labute approximate surface area is 244 Å². The normalized spacial score (nSPS) is 16.8. The van der Waals surface area contributed by atoms with Gasteiger partial charge in [0, 0.05) is 118 Å². The number of ether oxygens (including phenoxy) is 2. The molecule has 1 unspecified atom stereocenters. The van der Waals surface area contributed by atoms with Crippen LogP contribution in [0.25, 0.3) is 0 Å². The van der Waals surface area contributed by atoms with Crippen molar-refractivity contribution < 1.29 is 52.1 Å². The van der Waals surface area contributed by atoms with Crippen molar-refractivity contribution in [2.75, 3.05) is 20.8 Å². The van der Waals surface area contributed by atoms with E-state index < -0.39 is 18.2 Å². The van der Waals surface area contributed by atoms with Gasteiger partial charge >= 0.3 is 6.03 Å². The van der Waals surface area contributed by atoms with Gasteiger partial charge in [-0.05, 0) is 60.7 Å². The molecule has 0 aromatic rings. The van der Waals surface area contributed by atoms with Crippen molar-refractivity contribution in [3.8, 4) is 119 Å². The summed E-state index contributed by atoms with van der Waals surface area (Å²) in [7, 11) is 3.04. The second-order valence-electron chi connectivity index (χ2n) is 6.47. The van der Waals surface area contributed by atoms with Crippen LogP contribution in [0.1, 0.15) is 13.3 Å². The summed E-state index contributed by atoms with van der Waals surface area (Å²) in [5, 5.41) is 15.3. The SMILES string of the molecule is CC#CC#CC#CC#CC#CC#CC#CC#CC#CC#CNC(=O)N[C@H]1C[C@H](COC)C(O)[C@@H]1OC.[Y]. The Morgan fingerprint density at radius 3 is 1.62 bits per heavy atom. The number of carbonyl (C=O) groups is 1. The Bertz CT molecular complexity index is 1450. The number of hydrogen-bond donors (Lipinski definition) is 3. The number of nitrogens with one attached hydrogen (secondary N) is 2. The molecule has 0 aromatic heterocycles. The van der Waals surface area contributed by atoms with Gasteiger partial charge in [-0.25, -0.2) is 4.79 Å². The van der Waals surface area contributed by atoms with Crippen LogP contribution in [0.15, 0.2) is 0 Å². The van der Waals surface area contributed by atoms with Crippen LogP contribution < -0.4 is 10.6 Å². The van der Waals surface area contributed by atoms with Crippen molar-refractivity contribution in [1.29, 1.82) is 0 Å². The topological polar surface area (TPSA) is 79.8 Å².